The van der Waals surface area contributed by atoms with Crippen LogP contribution in [0.15, 0.2) is 18.2 Å². The van der Waals surface area contributed by atoms with Crippen molar-refractivity contribution in [1.82, 2.24) is 5.32 Å². The van der Waals surface area contributed by atoms with Crippen molar-refractivity contribution in [3.05, 3.63) is 24.0 Å². The van der Waals surface area contributed by atoms with Crippen LogP contribution in [0.5, 0.6) is 0 Å². The van der Waals surface area contributed by atoms with Crippen LogP contribution in [-0.2, 0) is 9.59 Å². The molecule has 5 nitrogen and oxygen atoms in total. The maximum absolute atomic E-state index is 13.7. The van der Waals surface area contributed by atoms with Crippen LogP contribution in [0.4, 0.5) is 15.8 Å². The Morgan fingerprint density at radius 2 is 2.12 bits per heavy atom. The van der Waals surface area contributed by atoms with Gasteiger partial charge in [-0.25, -0.2) is 4.39 Å². The maximum atomic E-state index is 13.7. The van der Waals surface area contributed by atoms with E-state index in [4.69, 9.17) is 0 Å². The Balaban J connectivity index is 1.76. The van der Waals surface area contributed by atoms with E-state index in [-0.39, 0.29) is 23.7 Å². The van der Waals surface area contributed by atoms with Crippen molar-refractivity contribution in [3.8, 4) is 0 Å². The molecular formula is C19H26FN3O2. The minimum absolute atomic E-state index is 0.00351. The number of anilines is 2. The van der Waals surface area contributed by atoms with Crippen LogP contribution in [0.1, 0.15) is 45.4 Å². The number of rotatable bonds is 4. The van der Waals surface area contributed by atoms with Crippen LogP contribution in [0.25, 0.3) is 0 Å². The highest BCUT2D eigenvalue weighted by Crippen LogP contribution is 2.34. The first-order valence-corrected chi connectivity index (χ1v) is 9.22. The van der Waals surface area contributed by atoms with Crippen molar-refractivity contribution >= 4 is 23.2 Å². The highest BCUT2D eigenvalue weighted by Gasteiger charge is 2.29. The molecule has 136 valence electrons. The fourth-order valence-corrected chi connectivity index (χ4v) is 3.72. The number of amides is 2. The van der Waals surface area contributed by atoms with Crippen molar-refractivity contribution in [2.75, 3.05) is 29.4 Å². The summed E-state index contributed by atoms with van der Waals surface area (Å²) in [5.41, 5.74) is 1.55. The zero-order valence-corrected chi connectivity index (χ0v) is 14.8. The van der Waals surface area contributed by atoms with Crippen molar-refractivity contribution in [2.45, 2.75) is 51.5 Å². The molecule has 0 spiro atoms. The van der Waals surface area contributed by atoms with Crippen molar-refractivity contribution in [1.29, 1.82) is 0 Å². The van der Waals surface area contributed by atoms with E-state index >= 15 is 0 Å². The number of nitrogens with one attached hydrogen (secondary N) is 1. The second-order valence-corrected chi connectivity index (χ2v) is 6.88. The lowest BCUT2D eigenvalue weighted by Gasteiger charge is -2.38. The molecule has 0 saturated carbocycles. The zero-order valence-electron chi connectivity index (χ0n) is 14.8. The second kappa shape index (κ2) is 7.85. The topological polar surface area (TPSA) is 52.7 Å². The van der Waals surface area contributed by atoms with E-state index < -0.39 is 0 Å². The summed E-state index contributed by atoms with van der Waals surface area (Å²) in [5.74, 6) is -0.257. The van der Waals surface area contributed by atoms with Crippen LogP contribution >= 0.6 is 0 Å². The monoisotopic (exact) mass is 347 g/mol. The molecule has 0 aromatic heterocycles. The SMILES string of the molecule is CCCN1CCN(C(=O)CC2CCCCC(=O)N2)c2ccc(F)cc21. The molecular weight excluding hydrogens is 321 g/mol. The highest BCUT2D eigenvalue weighted by molar-refractivity contribution is 5.98. The van der Waals surface area contributed by atoms with Gasteiger partial charge in [-0.05, 0) is 37.5 Å². The molecule has 0 aliphatic carbocycles. The predicted molar refractivity (Wildman–Crippen MR) is 96.3 cm³/mol. The van der Waals surface area contributed by atoms with Gasteiger partial charge >= 0.3 is 0 Å². The van der Waals surface area contributed by atoms with E-state index in [1.165, 1.54) is 12.1 Å². The minimum Gasteiger partial charge on any atom is -0.368 e. The fourth-order valence-electron chi connectivity index (χ4n) is 3.72. The third kappa shape index (κ3) is 4.11. The fraction of sp³-hybridized carbons (Fsp3) is 0.579. The van der Waals surface area contributed by atoms with Gasteiger partial charge in [0.2, 0.25) is 11.8 Å². The second-order valence-electron chi connectivity index (χ2n) is 6.88. The van der Waals surface area contributed by atoms with E-state index in [9.17, 15) is 14.0 Å². The zero-order chi connectivity index (χ0) is 17.8. The lowest BCUT2D eigenvalue weighted by molar-refractivity contribution is -0.122. The van der Waals surface area contributed by atoms with Gasteiger partial charge in [-0.2, -0.15) is 0 Å². The molecule has 0 bridgehead atoms. The molecule has 2 heterocycles. The van der Waals surface area contributed by atoms with Gasteiger partial charge in [-0.15, -0.1) is 0 Å². The summed E-state index contributed by atoms with van der Waals surface area (Å²) in [6.07, 6.45) is 4.50. The molecule has 2 aliphatic heterocycles. The molecule has 6 heteroatoms. The van der Waals surface area contributed by atoms with Gasteiger partial charge in [0, 0.05) is 38.5 Å². The third-order valence-electron chi connectivity index (χ3n) is 4.95. The van der Waals surface area contributed by atoms with Crippen molar-refractivity contribution < 1.29 is 14.0 Å². The Labute approximate surface area is 148 Å². The van der Waals surface area contributed by atoms with Gasteiger partial charge in [0.25, 0.3) is 0 Å². The Hall–Kier alpha value is -2.11. The predicted octanol–water partition coefficient (Wildman–Crippen LogP) is 2.84. The van der Waals surface area contributed by atoms with Crippen LogP contribution in [0, 0.1) is 5.82 Å². The molecule has 1 unspecified atom stereocenters. The average molecular weight is 347 g/mol. The van der Waals surface area contributed by atoms with Gasteiger partial charge in [0.1, 0.15) is 5.82 Å². The molecule has 3 rings (SSSR count). The van der Waals surface area contributed by atoms with Crippen molar-refractivity contribution in [2.24, 2.45) is 0 Å². The first-order valence-electron chi connectivity index (χ1n) is 9.22. The molecule has 1 aromatic carbocycles. The summed E-state index contributed by atoms with van der Waals surface area (Å²) in [4.78, 5) is 28.5. The molecule has 2 aliphatic rings. The number of hydrogen-bond acceptors (Lipinski definition) is 3. The van der Waals surface area contributed by atoms with Crippen molar-refractivity contribution in [3.63, 3.8) is 0 Å². The number of halogens is 1. The lowest BCUT2D eigenvalue weighted by atomic mass is 10.1. The summed E-state index contributed by atoms with van der Waals surface area (Å²) in [7, 11) is 0. The molecule has 1 atom stereocenters. The largest absolute Gasteiger partial charge is 0.368 e. The number of carbonyl (C=O) groups excluding carboxylic acids is 2. The van der Waals surface area contributed by atoms with E-state index in [1.54, 1.807) is 11.0 Å². The molecule has 0 radical (unpaired) electrons. The van der Waals surface area contributed by atoms with Gasteiger partial charge in [-0.3, -0.25) is 9.59 Å². The molecule has 25 heavy (non-hydrogen) atoms. The van der Waals surface area contributed by atoms with E-state index in [0.717, 1.165) is 43.6 Å². The number of hydrogen-bond donors (Lipinski definition) is 1. The summed E-state index contributed by atoms with van der Waals surface area (Å²) in [6, 6.07) is 4.51. The molecule has 1 aromatic rings. The number of carbonyl (C=O) groups is 2. The van der Waals surface area contributed by atoms with Crippen LogP contribution in [0.3, 0.4) is 0 Å². The molecule has 2 amide bonds. The Kier molecular flexibility index (Phi) is 5.56. The normalized spacial score (nSPS) is 20.7. The number of benzene rings is 1. The summed E-state index contributed by atoms with van der Waals surface area (Å²) >= 11 is 0. The molecule has 1 saturated heterocycles. The standard InChI is InChI=1S/C19H26FN3O2/c1-2-9-22-10-11-23(16-8-7-14(20)12-17(16)22)19(25)13-15-5-3-4-6-18(24)21-15/h7-8,12,15H,2-6,9-11,13H2,1H3,(H,21,24). The first-order chi connectivity index (χ1) is 12.1. The third-order valence-corrected chi connectivity index (χ3v) is 4.95. The van der Waals surface area contributed by atoms with Gasteiger partial charge in [-0.1, -0.05) is 13.3 Å². The molecule has 1 N–H and O–H groups in total. The number of nitrogens with zero attached hydrogens (tertiary/aromatic N) is 2. The van der Waals surface area contributed by atoms with Crippen LogP contribution in [-0.4, -0.2) is 37.5 Å². The van der Waals surface area contributed by atoms with E-state index in [2.05, 4.69) is 17.1 Å². The Morgan fingerprint density at radius 1 is 1.28 bits per heavy atom. The smallest absolute Gasteiger partial charge is 0.229 e. The van der Waals surface area contributed by atoms with E-state index in [1.807, 2.05) is 0 Å². The van der Waals surface area contributed by atoms with Gasteiger partial charge in [0.15, 0.2) is 0 Å². The lowest BCUT2D eigenvalue weighted by Crippen LogP contribution is -2.46. The maximum Gasteiger partial charge on any atom is 0.229 e. The first kappa shape index (κ1) is 17.7. The van der Waals surface area contributed by atoms with E-state index in [0.29, 0.717) is 25.9 Å². The average Bonchev–Trinajstić information content (AvgIpc) is 2.79. The number of fused-ring (bicyclic) bond motifs is 1. The minimum atomic E-state index is -0.287. The quantitative estimate of drug-likeness (QED) is 0.911. The van der Waals surface area contributed by atoms with Gasteiger partial charge < -0.3 is 15.1 Å². The molecule has 1 fully saturated rings. The summed E-state index contributed by atoms with van der Waals surface area (Å²) in [6.45, 7) is 4.23. The summed E-state index contributed by atoms with van der Waals surface area (Å²) in [5, 5.41) is 2.95. The van der Waals surface area contributed by atoms with Crippen LogP contribution in [0.2, 0.25) is 0 Å². The Bertz CT molecular complexity index is 650. The van der Waals surface area contributed by atoms with Gasteiger partial charge in [0.05, 0.1) is 11.4 Å². The summed E-state index contributed by atoms with van der Waals surface area (Å²) < 4.78 is 13.7. The van der Waals surface area contributed by atoms with Crippen LogP contribution < -0.4 is 15.1 Å². The Morgan fingerprint density at radius 3 is 2.92 bits per heavy atom. The highest BCUT2D eigenvalue weighted by atomic mass is 19.1.